The Morgan fingerprint density at radius 2 is 1.22 bits per heavy atom. The number of nitrogens with one attached hydrogen (secondary N) is 1. The number of amides is 1. The summed E-state index contributed by atoms with van der Waals surface area (Å²) < 4.78 is 0.181. The molecular weight excluding hydrogens is 340 g/mol. The van der Waals surface area contributed by atoms with Crippen molar-refractivity contribution >= 4 is 11.9 Å². The summed E-state index contributed by atoms with van der Waals surface area (Å²) in [5.41, 5.74) is -1.25. The van der Waals surface area contributed by atoms with Crippen LogP contribution in [0.25, 0.3) is 0 Å². The molecule has 5 nitrogen and oxygen atoms in total. The summed E-state index contributed by atoms with van der Waals surface area (Å²) in [6.45, 7) is 4.19. The van der Waals surface area contributed by atoms with Crippen molar-refractivity contribution in [3.63, 3.8) is 0 Å². The molecule has 0 heterocycles. The van der Waals surface area contributed by atoms with E-state index in [1.54, 1.807) is 0 Å². The Bertz CT molecular complexity index is 418. The summed E-state index contributed by atoms with van der Waals surface area (Å²) in [5.74, 6) is -1.10. The largest absolute Gasteiger partial charge is 0.475 e. The highest BCUT2D eigenvalue weighted by Crippen LogP contribution is 2.23. The highest BCUT2D eigenvalue weighted by Gasteiger charge is 2.51. The molecule has 0 bridgehead atoms. The highest BCUT2D eigenvalue weighted by molar-refractivity contribution is 5.85. The van der Waals surface area contributed by atoms with E-state index in [4.69, 9.17) is 0 Å². The molecule has 0 spiro atoms. The average molecular weight is 386 g/mol. The molecule has 0 radical (unpaired) electrons. The van der Waals surface area contributed by atoms with Crippen molar-refractivity contribution in [1.29, 1.82) is 0 Å². The van der Waals surface area contributed by atoms with Gasteiger partial charge in [-0.05, 0) is 12.8 Å². The minimum absolute atomic E-state index is 0.144. The van der Waals surface area contributed by atoms with Gasteiger partial charge in [0.2, 0.25) is 5.91 Å². The number of carbonyl (C=O) groups is 2. The van der Waals surface area contributed by atoms with Crippen molar-refractivity contribution in [3.05, 3.63) is 0 Å². The normalized spacial score (nSPS) is 14.0. The van der Waals surface area contributed by atoms with Gasteiger partial charge in [0.15, 0.2) is 0 Å². The minimum atomic E-state index is -1.25. The van der Waals surface area contributed by atoms with Crippen molar-refractivity contribution in [2.24, 2.45) is 0 Å². The molecule has 0 saturated heterocycles. The Hall–Kier alpha value is -1.10. The number of hydrogen-bond donors (Lipinski definition) is 2. The maximum atomic E-state index is 12.4. The van der Waals surface area contributed by atoms with Gasteiger partial charge in [-0.25, -0.2) is 4.79 Å². The number of rotatable bonds is 17. The number of unbranched alkanes of at least 4 members (excludes halogenated alkanes) is 10. The summed E-state index contributed by atoms with van der Waals surface area (Å²) >= 11 is 0. The second kappa shape index (κ2) is 14.0. The number of nitrogens with zero attached hydrogens (tertiary/aromatic N) is 1. The molecule has 0 aromatic heterocycles. The van der Waals surface area contributed by atoms with E-state index in [1.807, 2.05) is 28.1 Å². The fraction of sp³-hybridized carbons (Fsp3) is 0.909. The van der Waals surface area contributed by atoms with Crippen LogP contribution in [0.1, 0.15) is 104 Å². The molecule has 0 aliphatic rings. The molecular formula is C22H45N2O3+. The first kappa shape index (κ1) is 25.9. The predicted molar refractivity (Wildman–Crippen MR) is 113 cm³/mol. The van der Waals surface area contributed by atoms with Gasteiger partial charge >= 0.3 is 5.97 Å². The van der Waals surface area contributed by atoms with Gasteiger partial charge in [-0.2, -0.15) is 0 Å². The summed E-state index contributed by atoms with van der Waals surface area (Å²) in [5, 5.41) is 12.6. The Kier molecular flexibility index (Phi) is 13.4. The first-order valence-corrected chi connectivity index (χ1v) is 11.1. The Morgan fingerprint density at radius 3 is 1.59 bits per heavy atom. The zero-order valence-corrected chi connectivity index (χ0v) is 18.6. The maximum Gasteiger partial charge on any atom is 0.388 e. The molecule has 160 valence electrons. The number of aliphatic carboxylic acids is 1. The Labute approximate surface area is 167 Å². The van der Waals surface area contributed by atoms with Gasteiger partial charge in [0.25, 0.3) is 5.66 Å². The molecule has 1 amide bonds. The van der Waals surface area contributed by atoms with Crippen molar-refractivity contribution < 1.29 is 19.2 Å². The van der Waals surface area contributed by atoms with E-state index < -0.39 is 11.6 Å². The topological polar surface area (TPSA) is 66.4 Å². The number of likely N-dealkylation sites (N-methyl/N-ethyl adjacent to an activating group) is 1. The fourth-order valence-corrected chi connectivity index (χ4v) is 3.62. The molecule has 1 atom stereocenters. The monoisotopic (exact) mass is 385 g/mol. The van der Waals surface area contributed by atoms with Gasteiger partial charge in [-0.3, -0.25) is 14.6 Å². The average Bonchev–Trinajstić information content (AvgIpc) is 2.58. The molecule has 0 aromatic rings. The first-order valence-electron chi connectivity index (χ1n) is 11.1. The SMILES string of the molecule is CCCCCCCCCCCCCC(=O)NC(CCC)(C(=O)O)[N+](C)(C)C. The lowest BCUT2D eigenvalue weighted by Crippen LogP contribution is -2.71. The quantitative estimate of drug-likeness (QED) is 0.208. The van der Waals surface area contributed by atoms with E-state index in [-0.39, 0.29) is 10.4 Å². The zero-order chi connectivity index (χ0) is 20.8. The van der Waals surface area contributed by atoms with Crippen molar-refractivity contribution in [2.45, 2.75) is 109 Å². The van der Waals surface area contributed by atoms with Crippen LogP contribution in [0, 0.1) is 0 Å². The lowest BCUT2D eigenvalue weighted by Gasteiger charge is -2.43. The maximum absolute atomic E-state index is 12.4. The molecule has 0 saturated carbocycles. The van der Waals surface area contributed by atoms with Crippen LogP contribution in [0.15, 0.2) is 0 Å². The van der Waals surface area contributed by atoms with Gasteiger partial charge in [-0.15, -0.1) is 0 Å². The van der Waals surface area contributed by atoms with E-state index in [0.29, 0.717) is 19.3 Å². The Balaban J connectivity index is 4.05. The van der Waals surface area contributed by atoms with E-state index >= 15 is 0 Å². The van der Waals surface area contributed by atoms with Crippen molar-refractivity contribution in [3.8, 4) is 0 Å². The lowest BCUT2D eigenvalue weighted by atomic mass is 9.99. The van der Waals surface area contributed by atoms with Crippen LogP contribution < -0.4 is 5.32 Å². The molecule has 0 aliphatic carbocycles. The van der Waals surface area contributed by atoms with Crippen LogP contribution >= 0.6 is 0 Å². The zero-order valence-electron chi connectivity index (χ0n) is 18.6. The predicted octanol–water partition coefficient (Wildman–Crippen LogP) is 5.09. The van der Waals surface area contributed by atoms with Gasteiger partial charge in [0.05, 0.1) is 21.1 Å². The standard InChI is InChI=1S/C22H44N2O3/c1-6-8-9-10-11-12-13-14-15-16-17-18-20(25)23-22(19-7-2,21(26)27)24(3,4)5/h6-19H2,1-5H3,(H-,23,25,26,27)/p+1. The van der Waals surface area contributed by atoms with Gasteiger partial charge < -0.3 is 5.11 Å². The molecule has 0 fully saturated rings. The molecule has 5 heteroatoms. The van der Waals surface area contributed by atoms with Gasteiger partial charge in [0, 0.05) is 12.8 Å². The molecule has 1 unspecified atom stereocenters. The van der Waals surface area contributed by atoms with E-state index in [1.165, 1.54) is 51.4 Å². The summed E-state index contributed by atoms with van der Waals surface area (Å²) in [6, 6.07) is 0. The summed E-state index contributed by atoms with van der Waals surface area (Å²) in [6.07, 6.45) is 15.2. The van der Waals surface area contributed by atoms with Crippen LogP contribution in [-0.4, -0.2) is 48.3 Å². The number of carbonyl (C=O) groups excluding carboxylic acids is 1. The van der Waals surface area contributed by atoms with Crippen LogP contribution in [0.4, 0.5) is 0 Å². The van der Waals surface area contributed by atoms with Crippen LogP contribution in [-0.2, 0) is 9.59 Å². The van der Waals surface area contributed by atoms with E-state index in [9.17, 15) is 14.7 Å². The highest BCUT2D eigenvalue weighted by atomic mass is 16.4. The third-order valence-electron chi connectivity index (χ3n) is 5.46. The molecule has 2 N–H and O–H groups in total. The molecule has 0 rings (SSSR count). The molecule has 27 heavy (non-hydrogen) atoms. The number of carboxylic acids is 1. The summed E-state index contributed by atoms with van der Waals surface area (Å²) in [4.78, 5) is 24.3. The van der Waals surface area contributed by atoms with Crippen LogP contribution in [0.2, 0.25) is 0 Å². The fourth-order valence-electron chi connectivity index (χ4n) is 3.62. The van der Waals surface area contributed by atoms with E-state index in [2.05, 4.69) is 12.2 Å². The third kappa shape index (κ3) is 10.1. The second-order valence-electron chi connectivity index (χ2n) is 8.76. The first-order chi connectivity index (χ1) is 12.7. The smallest absolute Gasteiger partial charge is 0.388 e. The minimum Gasteiger partial charge on any atom is -0.475 e. The number of quaternary nitrogens is 1. The van der Waals surface area contributed by atoms with E-state index in [0.717, 1.165) is 19.3 Å². The van der Waals surface area contributed by atoms with Gasteiger partial charge in [-0.1, -0.05) is 78.1 Å². The van der Waals surface area contributed by atoms with Crippen molar-refractivity contribution in [1.82, 2.24) is 5.32 Å². The lowest BCUT2D eigenvalue weighted by molar-refractivity contribution is -0.917. The van der Waals surface area contributed by atoms with Gasteiger partial charge in [0.1, 0.15) is 0 Å². The second-order valence-corrected chi connectivity index (χ2v) is 8.76. The third-order valence-corrected chi connectivity index (χ3v) is 5.46. The van der Waals surface area contributed by atoms with Crippen molar-refractivity contribution in [2.75, 3.05) is 21.1 Å². The van der Waals surface area contributed by atoms with Crippen LogP contribution in [0.3, 0.4) is 0 Å². The van der Waals surface area contributed by atoms with Crippen LogP contribution in [0.5, 0.6) is 0 Å². The molecule has 0 aromatic carbocycles. The number of hydrogen-bond acceptors (Lipinski definition) is 2. The number of carboxylic acid groups (broad SMARTS) is 1. The molecule has 0 aliphatic heterocycles. The Morgan fingerprint density at radius 1 is 0.778 bits per heavy atom. The summed E-state index contributed by atoms with van der Waals surface area (Å²) in [7, 11) is 5.48.